The summed E-state index contributed by atoms with van der Waals surface area (Å²) in [7, 11) is 0. The molecule has 4 bridgehead atoms. The van der Waals surface area contributed by atoms with Crippen LogP contribution >= 0.6 is 11.6 Å². The SMILES string of the molecule is O=C(OCc1nc(-c2ccccc2Cl)no1)C12C[C@@H]3C[C@@H](CC(O)(C3)C1)C2. The van der Waals surface area contributed by atoms with Gasteiger partial charge in [-0.15, -0.1) is 0 Å². The van der Waals surface area contributed by atoms with E-state index in [1.54, 1.807) is 12.1 Å². The molecule has 0 spiro atoms. The number of benzene rings is 1. The minimum absolute atomic E-state index is 0.0637. The molecule has 6 rings (SSSR count). The Kier molecular flexibility index (Phi) is 3.85. The summed E-state index contributed by atoms with van der Waals surface area (Å²) in [6.07, 6.45) is 4.92. The van der Waals surface area contributed by atoms with Crippen LogP contribution in [0.3, 0.4) is 0 Å². The monoisotopic (exact) mass is 388 g/mol. The largest absolute Gasteiger partial charge is 0.455 e. The lowest BCUT2D eigenvalue weighted by molar-refractivity contribution is -0.197. The van der Waals surface area contributed by atoms with Crippen molar-refractivity contribution in [3.05, 3.63) is 35.2 Å². The summed E-state index contributed by atoms with van der Waals surface area (Å²) < 4.78 is 10.8. The first kappa shape index (κ1) is 17.2. The van der Waals surface area contributed by atoms with Crippen LogP contribution in [0, 0.1) is 17.3 Å². The van der Waals surface area contributed by atoms with E-state index < -0.39 is 11.0 Å². The van der Waals surface area contributed by atoms with E-state index in [9.17, 15) is 9.90 Å². The highest BCUT2D eigenvalue weighted by molar-refractivity contribution is 6.33. The van der Waals surface area contributed by atoms with Crippen LogP contribution in [0.1, 0.15) is 44.4 Å². The van der Waals surface area contributed by atoms with Crippen molar-refractivity contribution in [3.63, 3.8) is 0 Å². The Morgan fingerprint density at radius 3 is 2.70 bits per heavy atom. The van der Waals surface area contributed by atoms with Crippen LogP contribution in [0.15, 0.2) is 28.8 Å². The predicted octanol–water partition coefficient (Wildman–Crippen LogP) is 3.76. The number of hydrogen-bond donors (Lipinski definition) is 1. The van der Waals surface area contributed by atoms with E-state index in [0.717, 1.165) is 32.1 Å². The number of halogens is 1. The Labute approximate surface area is 161 Å². The van der Waals surface area contributed by atoms with Gasteiger partial charge in [-0.05, 0) is 62.5 Å². The summed E-state index contributed by atoms with van der Waals surface area (Å²) in [5.74, 6) is 1.23. The molecular weight excluding hydrogens is 368 g/mol. The van der Waals surface area contributed by atoms with Gasteiger partial charge in [-0.25, -0.2) is 0 Å². The number of aliphatic hydroxyl groups is 1. The Balaban J connectivity index is 1.29. The molecule has 4 aliphatic rings. The van der Waals surface area contributed by atoms with Crippen molar-refractivity contribution in [1.29, 1.82) is 0 Å². The van der Waals surface area contributed by atoms with Crippen LogP contribution in [0.4, 0.5) is 0 Å². The third kappa shape index (κ3) is 2.95. The highest BCUT2D eigenvalue weighted by atomic mass is 35.5. The first-order chi connectivity index (χ1) is 12.9. The topological polar surface area (TPSA) is 85.5 Å². The lowest BCUT2D eigenvalue weighted by Crippen LogP contribution is -2.58. The molecule has 0 aliphatic heterocycles. The zero-order valence-corrected chi connectivity index (χ0v) is 15.6. The lowest BCUT2D eigenvalue weighted by Gasteiger charge is -2.58. The van der Waals surface area contributed by atoms with Crippen LogP contribution in [0.25, 0.3) is 11.4 Å². The van der Waals surface area contributed by atoms with Crippen molar-refractivity contribution in [2.45, 2.75) is 50.7 Å². The third-order valence-corrected chi connectivity index (χ3v) is 6.70. The van der Waals surface area contributed by atoms with Gasteiger partial charge < -0.3 is 14.4 Å². The van der Waals surface area contributed by atoms with Crippen LogP contribution in [-0.2, 0) is 16.1 Å². The molecule has 1 N–H and O–H groups in total. The smallest absolute Gasteiger partial charge is 0.312 e. The Hall–Kier alpha value is -1.92. The maximum Gasteiger partial charge on any atom is 0.312 e. The van der Waals surface area contributed by atoms with Crippen molar-refractivity contribution in [3.8, 4) is 11.4 Å². The van der Waals surface area contributed by atoms with E-state index in [1.807, 2.05) is 12.1 Å². The van der Waals surface area contributed by atoms with Gasteiger partial charge >= 0.3 is 5.97 Å². The van der Waals surface area contributed by atoms with Gasteiger partial charge in [-0.1, -0.05) is 28.9 Å². The van der Waals surface area contributed by atoms with Gasteiger partial charge in [-0.2, -0.15) is 4.98 Å². The summed E-state index contributed by atoms with van der Waals surface area (Å²) in [6.45, 7) is -0.0637. The summed E-state index contributed by atoms with van der Waals surface area (Å²) in [5, 5.41) is 15.3. The molecule has 0 amide bonds. The zero-order chi connectivity index (χ0) is 18.6. The molecule has 2 aromatic rings. The number of aromatic nitrogens is 2. The summed E-state index contributed by atoms with van der Waals surface area (Å²) in [4.78, 5) is 17.2. The molecule has 27 heavy (non-hydrogen) atoms. The molecular formula is C20H21ClN2O4. The molecule has 4 fully saturated rings. The maximum absolute atomic E-state index is 12.9. The van der Waals surface area contributed by atoms with Crippen molar-refractivity contribution < 1.29 is 19.2 Å². The average Bonchev–Trinajstić information content (AvgIpc) is 3.06. The van der Waals surface area contributed by atoms with E-state index >= 15 is 0 Å². The van der Waals surface area contributed by atoms with E-state index in [1.165, 1.54) is 0 Å². The number of carbonyl (C=O) groups excluding carboxylic acids is 1. The molecule has 2 unspecified atom stereocenters. The van der Waals surface area contributed by atoms with Crippen molar-refractivity contribution in [1.82, 2.24) is 10.1 Å². The maximum atomic E-state index is 12.9. The van der Waals surface area contributed by atoms with Crippen molar-refractivity contribution >= 4 is 17.6 Å². The second-order valence-electron chi connectivity index (χ2n) is 8.53. The fourth-order valence-corrected chi connectivity index (χ4v) is 6.02. The van der Waals surface area contributed by atoms with Crippen molar-refractivity contribution in [2.75, 3.05) is 0 Å². The van der Waals surface area contributed by atoms with Crippen molar-refractivity contribution in [2.24, 2.45) is 17.3 Å². The number of hydrogen-bond acceptors (Lipinski definition) is 6. The van der Waals surface area contributed by atoms with Gasteiger partial charge in [0.1, 0.15) is 0 Å². The van der Waals surface area contributed by atoms with E-state index in [0.29, 0.717) is 34.7 Å². The van der Waals surface area contributed by atoms with Gasteiger partial charge in [0.2, 0.25) is 5.82 Å². The number of ether oxygens (including phenoxy) is 1. The average molecular weight is 389 g/mol. The molecule has 7 heteroatoms. The van der Waals surface area contributed by atoms with Crippen LogP contribution in [0.2, 0.25) is 5.02 Å². The summed E-state index contributed by atoms with van der Waals surface area (Å²) in [6, 6.07) is 7.23. The lowest BCUT2D eigenvalue weighted by atomic mass is 9.48. The van der Waals surface area contributed by atoms with Crippen LogP contribution in [0.5, 0.6) is 0 Å². The molecule has 4 saturated carbocycles. The van der Waals surface area contributed by atoms with Crippen LogP contribution in [-0.4, -0.2) is 26.8 Å². The molecule has 4 atom stereocenters. The standard InChI is InChI=1S/C20H21ClN2O4/c21-15-4-2-1-3-14(15)17-22-16(27-23-17)10-26-18(24)19-6-12-5-13(7-19)9-20(25,8-12)11-19/h1-4,12-13,25H,5-11H2/t12-,13+,19?,20?. The predicted molar refractivity (Wildman–Crippen MR) is 96.6 cm³/mol. The fraction of sp³-hybridized carbons (Fsp3) is 0.550. The molecule has 142 valence electrons. The molecule has 1 aromatic carbocycles. The Morgan fingerprint density at radius 1 is 1.26 bits per heavy atom. The quantitative estimate of drug-likeness (QED) is 0.802. The fourth-order valence-electron chi connectivity index (χ4n) is 5.80. The third-order valence-electron chi connectivity index (χ3n) is 6.37. The Morgan fingerprint density at radius 2 is 2.00 bits per heavy atom. The number of carbonyl (C=O) groups is 1. The van der Waals surface area contributed by atoms with Gasteiger partial charge in [-0.3, -0.25) is 4.79 Å². The molecule has 4 aliphatic carbocycles. The van der Waals surface area contributed by atoms with Gasteiger partial charge in [0.25, 0.3) is 5.89 Å². The first-order valence-electron chi connectivity index (χ1n) is 9.42. The highest BCUT2D eigenvalue weighted by Crippen LogP contribution is 2.62. The van der Waals surface area contributed by atoms with Gasteiger partial charge in [0.15, 0.2) is 6.61 Å². The number of rotatable bonds is 4. The molecule has 1 heterocycles. The molecule has 6 nitrogen and oxygen atoms in total. The summed E-state index contributed by atoms with van der Waals surface area (Å²) in [5.41, 5.74) is -0.571. The minimum Gasteiger partial charge on any atom is -0.455 e. The van der Waals surface area contributed by atoms with E-state index in [-0.39, 0.29) is 18.5 Å². The minimum atomic E-state index is -0.690. The molecule has 0 radical (unpaired) electrons. The number of esters is 1. The van der Waals surface area contributed by atoms with Gasteiger partial charge in [0, 0.05) is 5.56 Å². The second kappa shape index (κ2) is 6.04. The van der Waals surface area contributed by atoms with E-state index in [2.05, 4.69) is 10.1 Å². The zero-order valence-electron chi connectivity index (χ0n) is 14.9. The molecule has 1 aromatic heterocycles. The van der Waals surface area contributed by atoms with E-state index in [4.69, 9.17) is 20.9 Å². The molecule has 0 saturated heterocycles. The first-order valence-corrected chi connectivity index (χ1v) is 9.80. The summed E-state index contributed by atoms with van der Waals surface area (Å²) >= 11 is 6.15. The highest BCUT2D eigenvalue weighted by Gasteiger charge is 2.60. The second-order valence-corrected chi connectivity index (χ2v) is 8.94. The Bertz CT molecular complexity index is 882. The number of nitrogens with zero attached hydrogens (tertiary/aromatic N) is 2. The normalized spacial score (nSPS) is 34.0. The van der Waals surface area contributed by atoms with Crippen LogP contribution < -0.4 is 0 Å². The van der Waals surface area contributed by atoms with Gasteiger partial charge in [0.05, 0.1) is 16.0 Å².